The number of nitrogens with zero attached hydrogens (tertiary/aromatic N) is 1. The van der Waals surface area contributed by atoms with E-state index < -0.39 is 6.04 Å². The van der Waals surface area contributed by atoms with Gasteiger partial charge in [0.2, 0.25) is 0 Å². The Hall–Kier alpha value is -2.08. The van der Waals surface area contributed by atoms with Crippen LogP contribution in [0.15, 0.2) is 35.8 Å². The Morgan fingerprint density at radius 3 is 2.90 bits per heavy atom. The number of carbonyl (C=O) groups excluding carboxylic acids is 1. The largest absolute Gasteiger partial charge is 0.495 e. The highest BCUT2D eigenvalue weighted by atomic mass is 32.1. The molecule has 0 bridgehead atoms. The van der Waals surface area contributed by atoms with Crippen molar-refractivity contribution >= 4 is 23.0 Å². The number of para-hydroxylation sites is 2. The van der Waals surface area contributed by atoms with Gasteiger partial charge in [-0.05, 0) is 19.1 Å². The summed E-state index contributed by atoms with van der Waals surface area (Å²) in [6.45, 7) is 2.11. The summed E-state index contributed by atoms with van der Waals surface area (Å²) in [6, 6.07) is 6.78. The lowest BCUT2D eigenvalue weighted by molar-refractivity contribution is -0.144. The standard InChI is InChI=1S/C14H16N2O3S/c1-3-19-14(17)12(13-15-8-9-20-13)16-10-6-4-5-7-11(10)18-2/h4-9,12,16H,3H2,1-2H3. The summed E-state index contributed by atoms with van der Waals surface area (Å²) in [4.78, 5) is 16.3. The monoisotopic (exact) mass is 292 g/mol. The molecule has 0 saturated carbocycles. The van der Waals surface area contributed by atoms with E-state index >= 15 is 0 Å². The second-order valence-electron chi connectivity index (χ2n) is 3.90. The molecular formula is C14H16N2O3S. The lowest BCUT2D eigenvalue weighted by Gasteiger charge is -2.18. The molecule has 1 aromatic heterocycles. The highest BCUT2D eigenvalue weighted by molar-refractivity contribution is 7.09. The van der Waals surface area contributed by atoms with Crippen molar-refractivity contribution < 1.29 is 14.3 Å². The number of carbonyl (C=O) groups is 1. The maximum Gasteiger partial charge on any atom is 0.335 e. The maximum atomic E-state index is 12.1. The molecule has 1 aromatic carbocycles. The normalized spacial score (nSPS) is 11.7. The number of anilines is 1. The molecule has 1 heterocycles. The fourth-order valence-electron chi connectivity index (χ4n) is 1.74. The van der Waals surface area contributed by atoms with Crippen LogP contribution in [0.4, 0.5) is 5.69 Å². The Balaban J connectivity index is 2.26. The van der Waals surface area contributed by atoms with Gasteiger partial charge in [-0.25, -0.2) is 9.78 Å². The topological polar surface area (TPSA) is 60.5 Å². The second kappa shape index (κ2) is 6.91. The Kier molecular flexibility index (Phi) is 4.95. The summed E-state index contributed by atoms with van der Waals surface area (Å²) in [5.74, 6) is 0.312. The van der Waals surface area contributed by atoms with Crippen LogP contribution in [0.1, 0.15) is 18.0 Å². The fourth-order valence-corrected chi connectivity index (χ4v) is 2.42. The zero-order valence-corrected chi connectivity index (χ0v) is 12.1. The van der Waals surface area contributed by atoms with E-state index in [0.29, 0.717) is 17.4 Å². The van der Waals surface area contributed by atoms with E-state index in [4.69, 9.17) is 9.47 Å². The molecular weight excluding hydrogens is 276 g/mol. The lowest BCUT2D eigenvalue weighted by atomic mass is 10.2. The van der Waals surface area contributed by atoms with Gasteiger partial charge in [0.25, 0.3) is 0 Å². The Bertz CT molecular complexity index is 557. The summed E-state index contributed by atoms with van der Waals surface area (Å²) in [6.07, 6.45) is 1.66. The van der Waals surface area contributed by atoms with E-state index in [-0.39, 0.29) is 5.97 Å². The van der Waals surface area contributed by atoms with Gasteiger partial charge in [-0.2, -0.15) is 0 Å². The highest BCUT2D eigenvalue weighted by Crippen LogP contribution is 2.29. The van der Waals surface area contributed by atoms with Crippen LogP contribution in [-0.4, -0.2) is 24.7 Å². The molecule has 2 aromatic rings. The number of esters is 1. The molecule has 1 unspecified atom stereocenters. The highest BCUT2D eigenvalue weighted by Gasteiger charge is 2.25. The third-order valence-corrected chi connectivity index (χ3v) is 3.47. The number of hydrogen-bond acceptors (Lipinski definition) is 6. The minimum Gasteiger partial charge on any atom is -0.495 e. The number of rotatable bonds is 6. The van der Waals surface area contributed by atoms with Crippen molar-refractivity contribution in [3.63, 3.8) is 0 Å². The molecule has 6 heteroatoms. The molecule has 0 spiro atoms. The first-order valence-corrected chi connectivity index (χ1v) is 7.09. The maximum absolute atomic E-state index is 12.1. The van der Waals surface area contributed by atoms with Crippen LogP contribution in [0.3, 0.4) is 0 Å². The van der Waals surface area contributed by atoms with Crippen molar-refractivity contribution in [3.05, 3.63) is 40.8 Å². The van der Waals surface area contributed by atoms with Crippen LogP contribution >= 0.6 is 11.3 Å². The molecule has 0 aliphatic rings. The molecule has 2 rings (SSSR count). The summed E-state index contributed by atoms with van der Waals surface area (Å²) in [5, 5.41) is 5.62. The quantitative estimate of drug-likeness (QED) is 0.830. The summed E-state index contributed by atoms with van der Waals surface area (Å²) >= 11 is 1.40. The average Bonchev–Trinajstić information content (AvgIpc) is 2.99. The molecule has 0 aliphatic heterocycles. The molecule has 0 radical (unpaired) electrons. The van der Waals surface area contributed by atoms with Gasteiger partial charge in [-0.1, -0.05) is 12.1 Å². The zero-order valence-electron chi connectivity index (χ0n) is 11.3. The van der Waals surface area contributed by atoms with Gasteiger partial charge in [0, 0.05) is 11.6 Å². The number of thiazole rings is 1. The van der Waals surface area contributed by atoms with Crippen LogP contribution in [0.5, 0.6) is 5.75 Å². The van der Waals surface area contributed by atoms with Crippen LogP contribution in [0.2, 0.25) is 0 Å². The molecule has 106 valence electrons. The van der Waals surface area contributed by atoms with Crippen LogP contribution in [0, 0.1) is 0 Å². The number of benzene rings is 1. The Morgan fingerprint density at radius 2 is 2.25 bits per heavy atom. The van der Waals surface area contributed by atoms with Gasteiger partial charge < -0.3 is 14.8 Å². The van der Waals surface area contributed by atoms with E-state index in [1.807, 2.05) is 29.6 Å². The van der Waals surface area contributed by atoms with E-state index in [9.17, 15) is 4.79 Å². The number of aromatic nitrogens is 1. The van der Waals surface area contributed by atoms with E-state index in [1.165, 1.54) is 11.3 Å². The number of nitrogens with one attached hydrogen (secondary N) is 1. The summed E-state index contributed by atoms with van der Waals surface area (Å²) in [5.41, 5.74) is 0.725. The van der Waals surface area contributed by atoms with Crippen molar-refractivity contribution in [1.82, 2.24) is 4.98 Å². The number of methoxy groups -OCH3 is 1. The van der Waals surface area contributed by atoms with Crippen LogP contribution < -0.4 is 10.1 Å². The Morgan fingerprint density at radius 1 is 1.45 bits per heavy atom. The minimum atomic E-state index is -0.633. The van der Waals surface area contributed by atoms with Gasteiger partial charge in [-0.3, -0.25) is 0 Å². The van der Waals surface area contributed by atoms with Crippen molar-refractivity contribution in [3.8, 4) is 5.75 Å². The van der Waals surface area contributed by atoms with Crippen LogP contribution in [0.25, 0.3) is 0 Å². The zero-order chi connectivity index (χ0) is 14.4. The predicted molar refractivity (Wildman–Crippen MR) is 78.1 cm³/mol. The van der Waals surface area contributed by atoms with Crippen molar-refractivity contribution in [2.75, 3.05) is 19.0 Å². The van der Waals surface area contributed by atoms with Gasteiger partial charge in [0.05, 0.1) is 19.4 Å². The number of hydrogen-bond donors (Lipinski definition) is 1. The SMILES string of the molecule is CCOC(=O)C(Nc1ccccc1OC)c1nccs1. The fraction of sp³-hybridized carbons (Fsp3) is 0.286. The van der Waals surface area contributed by atoms with Crippen LogP contribution in [-0.2, 0) is 9.53 Å². The van der Waals surface area contributed by atoms with E-state index in [0.717, 1.165) is 5.69 Å². The molecule has 0 saturated heterocycles. The van der Waals surface area contributed by atoms with Crippen molar-refractivity contribution in [2.45, 2.75) is 13.0 Å². The van der Waals surface area contributed by atoms with E-state index in [2.05, 4.69) is 10.3 Å². The first kappa shape index (κ1) is 14.3. The third-order valence-electron chi connectivity index (χ3n) is 2.63. The molecule has 1 N–H and O–H groups in total. The summed E-state index contributed by atoms with van der Waals surface area (Å²) < 4.78 is 10.4. The summed E-state index contributed by atoms with van der Waals surface area (Å²) in [7, 11) is 1.59. The van der Waals surface area contributed by atoms with Gasteiger partial charge in [0.1, 0.15) is 10.8 Å². The average molecular weight is 292 g/mol. The van der Waals surface area contributed by atoms with Gasteiger partial charge >= 0.3 is 5.97 Å². The molecule has 5 nitrogen and oxygen atoms in total. The third kappa shape index (κ3) is 3.27. The predicted octanol–water partition coefficient (Wildman–Crippen LogP) is 2.87. The lowest BCUT2D eigenvalue weighted by Crippen LogP contribution is -2.23. The van der Waals surface area contributed by atoms with Crippen molar-refractivity contribution in [1.29, 1.82) is 0 Å². The smallest absolute Gasteiger partial charge is 0.335 e. The first-order chi connectivity index (χ1) is 9.76. The minimum absolute atomic E-state index is 0.328. The van der Waals surface area contributed by atoms with Gasteiger partial charge in [0.15, 0.2) is 6.04 Å². The van der Waals surface area contributed by atoms with E-state index in [1.54, 1.807) is 20.2 Å². The van der Waals surface area contributed by atoms with Crippen molar-refractivity contribution in [2.24, 2.45) is 0 Å². The molecule has 0 aliphatic carbocycles. The molecule has 20 heavy (non-hydrogen) atoms. The molecule has 1 atom stereocenters. The van der Waals surface area contributed by atoms with Gasteiger partial charge in [-0.15, -0.1) is 11.3 Å². The number of ether oxygens (including phenoxy) is 2. The molecule has 0 amide bonds. The second-order valence-corrected chi connectivity index (χ2v) is 4.83. The molecule has 0 fully saturated rings. The first-order valence-electron chi connectivity index (χ1n) is 6.21. The Labute approximate surface area is 121 Å².